The molecule has 0 saturated heterocycles. The molecule has 26 heavy (non-hydrogen) atoms. The summed E-state index contributed by atoms with van der Waals surface area (Å²) in [4.78, 5) is 11.2. The van der Waals surface area contributed by atoms with Gasteiger partial charge in [-0.05, 0) is 71.9 Å². The highest BCUT2D eigenvalue weighted by Gasteiger charge is 2.22. The van der Waals surface area contributed by atoms with E-state index in [0.29, 0.717) is 5.88 Å². The van der Waals surface area contributed by atoms with Gasteiger partial charge in [0.15, 0.2) is 0 Å². The van der Waals surface area contributed by atoms with Gasteiger partial charge in [-0.25, -0.2) is 9.98 Å². The molecule has 1 aromatic heterocycles. The first kappa shape index (κ1) is 19.4. The van der Waals surface area contributed by atoms with Crippen LogP contribution in [0.3, 0.4) is 0 Å². The zero-order valence-corrected chi connectivity index (χ0v) is 18.5. The Labute approximate surface area is 171 Å². The molecule has 0 saturated carbocycles. The van der Waals surface area contributed by atoms with Gasteiger partial charge in [-0.2, -0.15) is 0 Å². The van der Waals surface area contributed by atoms with Gasteiger partial charge in [-0.3, -0.25) is 0 Å². The number of nitrogens with zero attached hydrogens (tertiary/aromatic N) is 3. The van der Waals surface area contributed by atoms with E-state index >= 15 is 0 Å². The number of benzene rings is 1. The Balaban J connectivity index is 1.74. The Hall–Kier alpha value is -1.40. The van der Waals surface area contributed by atoms with Crippen molar-refractivity contribution in [2.75, 3.05) is 13.6 Å². The number of pyridine rings is 1. The lowest BCUT2D eigenvalue weighted by atomic mass is 9.90. The summed E-state index contributed by atoms with van der Waals surface area (Å²) in [7, 11) is 2.00. The predicted molar refractivity (Wildman–Crippen MR) is 114 cm³/mol. The van der Waals surface area contributed by atoms with Gasteiger partial charge in [-0.1, -0.05) is 22.0 Å². The van der Waals surface area contributed by atoms with Gasteiger partial charge >= 0.3 is 0 Å². The number of hydrogen-bond donors (Lipinski definition) is 0. The fourth-order valence-corrected chi connectivity index (χ4v) is 3.76. The number of halogens is 2. The molecule has 0 radical (unpaired) electrons. The molecule has 6 heteroatoms. The van der Waals surface area contributed by atoms with E-state index in [4.69, 9.17) is 4.74 Å². The van der Waals surface area contributed by atoms with Crippen molar-refractivity contribution >= 4 is 43.9 Å². The van der Waals surface area contributed by atoms with E-state index in [0.717, 1.165) is 46.1 Å². The van der Waals surface area contributed by atoms with Crippen LogP contribution in [0.4, 0.5) is 5.69 Å². The van der Waals surface area contributed by atoms with Gasteiger partial charge in [0.1, 0.15) is 6.10 Å². The Bertz CT molecular complexity index is 823. The number of fused-ring (bicyclic) bond motifs is 1. The first-order chi connectivity index (χ1) is 12.5. The minimum absolute atomic E-state index is 0.139. The summed E-state index contributed by atoms with van der Waals surface area (Å²) in [5.41, 5.74) is 4.48. The summed E-state index contributed by atoms with van der Waals surface area (Å²) < 4.78 is 8.19. The van der Waals surface area contributed by atoms with Crippen LogP contribution in [0.2, 0.25) is 0 Å². The van der Waals surface area contributed by atoms with Gasteiger partial charge < -0.3 is 9.64 Å². The van der Waals surface area contributed by atoms with E-state index in [2.05, 4.69) is 67.0 Å². The molecule has 0 amide bonds. The fourth-order valence-electron chi connectivity index (χ4n) is 2.96. The predicted octanol–water partition coefficient (Wildman–Crippen LogP) is 5.46. The molecule has 1 heterocycles. The van der Waals surface area contributed by atoms with Crippen molar-refractivity contribution in [2.24, 2.45) is 4.99 Å². The highest BCUT2D eigenvalue weighted by atomic mass is 79.9. The monoisotopic (exact) mass is 479 g/mol. The van der Waals surface area contributed by atoms with Crippen molar-refractivity contribution in [1.29, 1.82) is 0 Å². The SMILES string of the molecule is CCN(C)C=Nc1cc(Br)c(OC2CCc3ccc(Br)cc3C2)nc1C. The molecule has 138 valence electrons. The number of hydrogen-bond acceptors (Lipinski definition) is 3. The summed E-state index contributed by atoms with van der Waals surface area (Å²) in [6, 6.07) is 8.48. The van der Waals surface area contributed by atoms with Crippen LogP contribution in [0.15, 0.2) is 38.2 Å². The van der Waals surface area contributed by atoms with Crippen LogP contribution < -0.4 is 4.74 Å². The smallest absolute Gasteiger partial charge is 0.228 e. The summed E-state index contributed by atoms with van der Waals surface area (Å²) in [5.74, 6) is 0.647. The van der Waals surface area contributed by atoms with Gasteiger partial charge in [0.2, 0.25) is 5.88 Å². The van der Waals surface area contributed by atoms with Crippen LogP contribution in [-0.4, -0.2) is 35.9 Å². The second-order valence-corrected chi connectivity index (χ2v) is 8.36. The molecule has 1 aliphatic carbocycles. The Morgan fingerprint density at radius 1 is 1.31 bits per heavy atom. The van der Waals surface area contributed by atoms with E-state index in [1.807, 2.05) is 31.3 Å². The zero-order valence-electron chi connectivity index (χ0n) is 15.3. The molecule has 1 aliphatic rings. The van der Waals surface area contributed by atoms with Crippen molar-refractivity contribution in [3.05, 3.63) is 50.0 Å². The molecular formula is C20H23Br2N3O. The van der Waals surface area contributed by atoms with E-state index in [9.17, 15) is 0 Å². The van der Waals surface area contributed by atoms with E-state index in [-0.39, 0.29) is 6.10 Å². The summed E-state index contributed by atoms with van der Waals surface area (Å²) in [5, 5.41) is 0. The summed E-state index contributed by atoms with van der Waals surface area (Å²) in [6.07, 6.45) is 4.91. The van der Waals surface area contributed by atoms with Crippen molar-refractivity contribution in [3.8, 4) is 5.88 Å². The summed E-state index contributed by atoms with van der Waals surface area (Å²) >= 11 is 7.15. The number of aliphatic imine (C=N–C) groups is 1. The Morgan fingerprint density at radius 2 is 2.12 bits per heavy atom. The fraction of sp³-hybridized carbons (Fsp3) is 0.400. The standard InChI is InChI=1S/C20H23Br2N3O/c1-4-25(3)12-23-19-11-18(22)20(24-13(19)2)26-17-8-6-14-5-7-16(21)9-15(14)10-17/h5,7,9,11-12,17H,4,6,8,10H2,1-3H3. The number of aromatic nitrogens is 1. The molecule has 1 unspecified atom stereocenters. The molecule has 1 atom stereocenters. The van der Waals surface area contributed by atoms with Gasteiger partial charge in [0, 0.05) is 24.5 Å². The highest BCUT2D eigenvalue weighted by Crippen LogP contribution is 2.33. The van der Waals surface area contributed by atoms with E-state index in [1.165, 1.54) is 11.1 Å². The molecule has 0 N–H and O–H groups in total. The summed E-state index contributed by atoms with van der Waals surface area (Å²) in [6.45, 7) is 4.97. The lowest BCUT2D eigenvalue weighted by Crippen LogP contribution is -2.25. The molecule has 2 aromatic rings. The molecule has 0 fully saturated rings. The van der Waals surface area contributed by atoms with Crippen LogP contribution in [0.1, 0.15) is 30.2 Å². The maximum atomic E-state index is 6.23. The maximum absolute atomic E-state index is 6.23. The third-order valence-corrected chi connectivity index (χ3v) is 5.69. The van der Waals surface area contributed by atoms with Crippen molar-refractivity contribution in [1.82, 2.24) is 9.88 Å². The van der Waals surface area contributed by atoms with Crippen LogP contribution in [0.25, 0.3) is 0 Å². The van der Waals surface area contributed by atoms with Crippen LogP contribution in [-0.2, 0) is 12.8 Å². The van der Waals surface area contributed by atoms with Crippen molar-refractivity contribution < 1.29 is 4.74 Å². The Morgan fingerprint density at radius 3 is 2.88 bits per heavy atom. The molecule has 4 nitrogen and oxygen atoms in total. The number of rotatable bonds is 5. The molecular weight excluding hydrogens is 458 g/mol. The van der Waals surface area contributed by atoms with Crippen molar-refractivity contribution in [2.45, 2.75) is 39.2 Å². The lowest BCUT2D eigenvalue weighted by molar-refractivity contribution is 0.175. The number of aryl methyl sites for hydroxylation is 2. The van der Waals surface area contributed by atoms with E-state index < -0.39 is 0 Å². The Kier molecular flexibility index (Phi) is 6.35. The van der Waals surface area contributed by atoms with Gasteiger partial charge in [0.05, 0.1) is 22.2 Å². The lowest BCUT2D eigenvalue weighted by Gasteiger charge is -2.26. The molecule has 3 rings (SSSR count). The average Bonchev–Trinajstić information content (AvgIpc) is 2.62. The first-order valence-electron chi connectivity index (χ1n) is 8.81. The first-order valence-corrected chi connectivity index (χ1v) is 10.4. The minimum Gasteiger partial charge on any atom is -0.473 e. The topological polar surface area (TPSA) is 37.7 Å². The zero-order chi connectivity index (χ0) is 18.7. The second kappa shape index (κ2) is 8.53. The van der Waals surface area contributed by atoms with Crippen molar-refractivity contribution in [3.63, 3.8) is 0 Å². The maximum Gasteiger partial charge on any atom is 0.228 e. The van der Waals surface area contributed by atoms with Gasteiger partial charge in [-0.15, -0.1) is 0 Å². The molecule has 1 aromatic carbocycles. The molecule has 0 spiro atoms. The third kappa shape index (κ3) is 4.65. The highest BCUT2D eigenvalue weighted by molar-refractivity contribution is 9.10. The number of ether oxygens (including phenoxy) is 1. The normalized spacial score (nSPS) is 16.6. The third-order valence-electron chi connectivity index (χ3n) is 4.63. The van der Waals surface area contributed by atoms with Crippen LogP contribution in [0, 0.1) is 6.92 Å². The van der Waals surface area contributed by atoms with E-state index in [1.54, 1.807) is 0 Å². The van der Waals surface area contributed by atoms with Crippen LogP contribution >= 0.6 is 31.9 Å². The molecule has 0 aliphatic heterocycles. The second-order valence-electron chi connectivity index (χ2n) is 6.59. The quantitative estimate of drug-likeness (QED) is 0.421. The minimum atomic E-state index is 0.139. The molecule has 0 bridgehead atoms. The van der Waals surface area contributed by atoms with Gasteiger partial charge in [0.25, 0.3) is 0 Å². The largest absolute Gasteiger partial charge is 0.473 e. The van der Waals surface area contributed by atoms with Crippen LogP contribution in [0.5, 0.6) is 5.88 Å². The average molecular weight is 481 g/mol.